The van der Waals surface area contributed by atoms with Crippen LogP contribution in [-0.2, 0) is 9.53 Å². The van der Waals surface area contributed by atoms with E-state index in [0.29, 0.717) is 15.7 Å². The summed E-state index contributed by atoms with van der Waals surface area (Å²) in [4.78, 5) is 21.9. The van der Waals surface area contributed by atoms with Crippen LogP contribution in [0.1, 0.15) is 10.4 Å². The topological polar surface area (TPSA) is 102 Å². The number of hydrogen-bond donors (Lipinski definition) is 3. The third-order valence-electron chi connectivity index (χ3n) is 2.21. The lowest BCUT2D eigenvalue weighted by molar-refractivity contribution is -0.139. The number of carbonyl (C=O) groups excluding carboxylic acids is 1. The average molecular weight is 317 g/mol. The van der Waals surface area contributed by atoms with Crippen molar-refractivity contribution in [3.05, 3.63) is 28.2 Å². The zero-order valence-corrected chi connectivity index (χ0v) is 11.2. The second kappa shape index (κ2) is 6.36. The summed E-state index contributed by atoms with van der Waals surface area (Å²) in [5.74, 6) is -1.58. The molecule has 1 unspecified atom stereocenters. The van der Waals surface area contributed by atoms with E-state index in [2.05, 4.69) is 21.2 Å². The quantitative estimate of drug-likeness (QED) is 0.728. The van der Waals surface area contributed by atoms with Crippen molar-refractivity contribution in [3.63, 3.8) is 0 Å². The van der Waals surface area contributed by atoms with Gasteiger partial charge < -0.3 is 20.9 Å². The van der Waals surface area contributed by atoms with Crippen molar-refractivity contribution in [2.24, 2.45) is 5.73 Å². The van der Waals surface area contributed by atoms with Crippen LogP contribution < -0.4 is 11.1 Å². The predicted octanol–water partition coefficient (Wildman–Crippen LogP) is 1.06. The first kappa shape index (κ1) is 14.5. The van der Waals surface area contributed by atoms with Gasteiger partial charge in [-0.1, -0.05) is 0 Å². The van der Waals surface area contributed by atoms with E-state index in [1.165, 1.54) is 13.2 Å². The van der Waals surface area contributed by atoms with Gasteiger partial charge >= 0.3 is 5.97 Å². The SMILES string of the molecule is COCC(Nc1ccc(C(N)=O)c(Br)c1)C(=O)O. The number of methoxy groups -OCH3 is 1. The number of nitrogens with two attached hydrogens (primary N) is 1. The van der Waals surface area contributed by atoms with Gasteiger partial charge in [0.15, 0.2) is 0 Å². The summed E-state index contributed by atoms with van der Waals surface area (Å²) in [6.45, 7) is 0.0323. The Hall–Kier alpha value is -1.60. The van der Waals surface area contributed by atoms with E-state index in [1.807, 2.05) is 0 Å². The molecule has 7 heteroatoms. The fourth-order valence-electron chi connectivity index (χ4n) is 1.35. The van der Waals surface area contributed by atoms with Crippen LogP contribution in [0.3, 0.4) is 0 Å². The molecule has 0 bridgehead atoms. The molecule has 0 heterocycles. The van der Waals surface area contributed by atoms with Crippen molar-refractivity contribution in [3.8, 4) is 0 Å². The van der Waals surface area contributed by atoms with Gasteiger partial charge in [-0.3, -0.25) is 4.79 Å². The number of nitrogens with one attached hydrogen (secondary N) is 1. The Morgan fingerprint density at radius 2 is 2.22 bits per heavy atom. The number of halogens is 1. The van der Waals surface area contributed by atoms with Gasteiger partial charge in [0.25, 0.3) is 0 Å². The summed E-state index contributed by atoms with van der Waals surface area (Å²) >= 11 is 3.19. The summed E-state index contributed by atoms with van der Waals surface area (Å²) in [5, 5.41) is 11.7. The first-order chi connectivity index (χ1) is 8.45. The molecule has 1 atom stereocenters. The molecule has 0 spiro atoms. The fourth-order valence-corrected chi connectivity index (χ4v) is 1.92. The van der Waals surface area contributed by atoms with Crippen LogP contribution in [0.5, 0.6) is 0 Å². The molecular weight excluding hydrogens is 304 g/mol. The van der Waals surface area contributed by atoms with Crippen molar-refractivity contribution in [1.82, 2.24) is 0 Å². The van der Waals surface area contributed by atoms with Crippen LogP contribution in [0, 0.1) is 0 Å². The summed E-state index contributed by atoms with van der Waals surface area (Å²) in [7, 11) is 1.42. The van der Waals surface area contributed by atoms with Crippen LogP contribution in [-0.4, -0.2) is 36.7 Å². The maximum atomic E-state index is 11.0. The highest BCUT2D eigenvalue weighted by Gasteiger charge is 2.17. The number of rotatable bonds is 6. The monoisotopic (exact) mass is 316 g/mol. The number of carboxylic acid groups (broad SMARTS) is 1. The van der Waals surface area contributed by atoms with Gasteiger partial charge in [-0.15, -0.1) is 0 Å². The largest absolute Gasteiger partial charge is 0.480 e. The van der Waals surface area contributed by atoms with E-state index in [1.54, 1.807) is 12.1 Å². The molecule has 98 valence electrons. The minimum atomic E-state index is -1.02. The molecule has 0 saturated heterocycles. The van der Waals surface area contributed by atoms with Crippen LogP contribution in [0.25, 0.3) is 0 Å². The van der Waals surface area contributed by atoms with E-state index < -0.39 is 17.9 Å². The van der Waals surface area contributed by atoms with E-state index in [-0.39, 0.29) is 6.61 Å². The Labute approximate surface area is 112 Å². The highest BCUT2D eigenvalue weighted by molar-refractivity contribution is 9.10. The maximum absolute atomic E-state index is 11.0. The molecular formula is C11H13BrN2O4. The molecule has 0 aromatic heterocycles. The van der Waals surface area contributed by atoms with Gasteiger partial charge in [0, 0.05) is 17.3 Å². The van der Waals surface area contributed by atoms with Gasteiger partial charge in [-0.25, -0.2) is 4.79 Å². The number of primary amides is 1. The zero-order chi connectivity index (χ0) is 13.7. The van der Waals surface area contributed by atoms with Crippen LogP contribution in [0.15, 0.2) is 22.7 Å². The van der Waals surface area contributed by atoms with E-state index in [9.17, 15) is 9.59 Å². The van der Waals surface area contributed by atoms with Gasteiger partial charge in [0.05, 0.1) is 12.2 Å². The molecule has 0 fully saturated rings. The lowest BCUT2D eigenvalue weighted by Crippen LogP contribution is -2.33. The van der Waals surface area contributed by atoms with Crippen molar-refractivity contribution in [2.75, 3.05) is 19.0 Å². The highest BCUT2D eigenvalue weighted by Crippen LogP contribution is 2.21. The van der Waals surface area contributed by atoms with Crippen LogP contribution in [0.4, 0.5) is 5.69 Å². The zero-order valence-electron chi connectivity index (χ0n) is 9.64. The number of ether oxygens (including phenoxy) is 1. The third-order valence-corrected chi connectivity index (χ3v) is 2.86. The van der Waals surface area contributed by atoms with E-state index >= 15 is 0 Å². The van der Waals surface area contributed by atoms with Gasteiger partial charge in [0.1, 0.15) is 6.04 Å². The molecule has 18 heavy (non-hydrogen) atoms. The molecule has 0 aliphatic carbocycles. The number of anilines is 1. The van der Waals surface area contributed by atoms with Crippen molar-refractivity contribution in [2.45, 2.75) is 6.04 Å². The Bertz CT molecular complexity index is 464. The summed E-state index contributed by atoms with van der Waals surface area (Å²) in [5.41, 5.74) is 6.04. The minimum absolute atomic E-state index is 0.0323. The molecule has 0 radical (unpaired) electrons. The molecule has 0 saturated carbocycles. The lowest BCUT2D eigenvalue weighted by atomic mass is 10.2. The Morgan fingerprint density at radius 3 is 2.67 bits per heavy atom. The second-order valence-electron chi connectivity index (χ2n) is 3.55. The number of benzene rings is 1. The second-order valence-corrected chi connectivity index (χ2v) is 4.40. The number of amides is 1. The highest BCUT2D eigenvalue weighted by atomic mass is 79.9. The van der Waals surface area contributed by atoms with Gasteiger partial charge in [-0.2, -0.15) is 0 Å². The van der Waals surface area contributed by atoms with E-state index in [4.69, 9.17) is 15.6 Å². The summed E-state index contributed by atoms with van der Waals surface area (Å²) in [6.07, 6.45) is 0. The van der Waals surface area contributed by atoms with Crippen molar-refractivity contribution in [1.29, 1.82) is 0 Å². The first-order valence-electron chi connectivity index (χ1n) is 5.03. The molecule has 1 aromatic rings. The van der Waals surface area contributed by atoms with E-state index in [0.717, 1.165) is 0 Å². The smallest absolute Gasteiger partial charge is 0.328 e. The standard InChI is InChI=1S/C11H13BrN2O4/c1-18-5-9(11(16)17)14-6-2-3-7(10(13)15)8(12)4-6/h2-4,9,14H,5H2,1H3,(H2,13,15)(H,16,17). The van der Waals surface area contributed by atoms with Gasteiger partial charge in [0.2, 0.25) is 5.91 Å². The Kier molecular flexibility index (Phi) is 5.11. The molecule has 1 rings (SSSR count). The molecule has 1 aromatic carbocycles. The Balaban J connectivity index is 2.88. The number of carbonyl (C=O) groups is 2. The lowest BCUT2D eigenvalue weighted by Gasteiger charge is -2.15. The molecule has 4 N–H and O–H groups in total. The molecule has 0 aliphatic rings. The fraction of sp³-hybridized carbons (Fsp3) is 0.273. The normalized spacial score (nSPS) is 11.9. The summed E-state index contributed by atoms with van der Waals surface area (Å²) < 4.78 is 5.30. The number of hydrogen-bond acceptors (Lipinski definition) is 4. The summed E-state index contributed by atoms with van der Waals surface area (Å²) in [6, 6.07) is 3.82. The predicted molar refractivity (Wildman–Crippen MR) is 69.6 cm³/mol. The van der Waals surface area contributed by atoms with Crippen molar-refractivity contribution < 1.29 is 19.4 Å². The number of aliphatic carboxylic acids is 1. The molecule has 6 nitrogen and oxygen atoms in total. The van der Waals surface area contributed by atoms with Crippen LogP contribution in [0.2, 0.25) is 0 Å². The third kappa shape index (κ3) is 3.71. The minimum Gasteiger partial charge on any atom is -0.480 e. The van der Waals surface area contributed by atoms with Crippen LogP contribution >= 0.6 is 15.9 Å². The maximum Gasteiger partial charge on any atom is 0.328 e. The average Bonchev–Trinajstić information content (AvgIpc) is 2.27. The molecule has 1 amide bonds. The first-order valence-corrected chi connectivity index (χ1v) is 5.82. The Morgan fingerprint density at radius 1 is 1.56 bits per heavy atom. The molecule has 0 aliphatic heterocycles. The van der Waals surface area contributed by atoms with Gasteiger partial charge in [-0.05, 0) is 34.1 Å². The van der Waals surface area contributed by atoms with Crippen molar-refractivity contribution >= 4 is 33.5 Å². The number of carboxylic acids is 1.